The first-order valence-corrected chi connectivity index (χ1v) is 4.08. The van der Waals surface area contributed by atoms with Crippen LogP contribution >= 0.6 is 0 Å². The summed E-state index contributed by atoms with van der Waals surface area (Å²) in [6, 6.07) is 0. The molecule has 1 fully saturated rings. The van der Waals surface area contributed by atoms with Gasteiger partial charge in [0.25, 0.3) is 0 Å². The molecule has 1 heterocycles. The predicted molar refractivity (Wildman–Crippen MR) is 45.4 cm³/mol. The molecular formula is C8H16N2O2. The second kappa shape index (κ2) is 2.71. The molecule has 4 heteroatoms. The molecule has 4 nitrogen and oxygen atoms in total. The van der Waals surface area contributed by atoms with Gasteiger partial charge in [0.2, 0.25) is 5.91 Å². The number of ether oxygens (including phenoxy) is 1. The Morgan fingerprint density at radius 1 is 1.50 bits per heavy atom. The van der Waals surface area contributed by atoms with Crippen molar-refractivity contribution in [2.45, 2.75) is 37.8 Å². The summed E-state index contributed by atoms with van der Waals surface area (Å²) in [6.07, 6.45) is 1.01. The van der Waals surface area contributed by atoms with Gasteiger partial charge in [-0.25, -0.2) is 0 Å². The fourth-order valence-corrected chi connectivity index (χ4v) is 1.62. The summed E-state index contributed by atoms with van der Waals surface area (Å²) in [5, 5.41) is 0. The molecule has 1 unspecified atom stereocenters. The lowest BCUT2D eigenvalue weighted by Crippen LogP contribution is -2.59. The summed E-state index contributed by atoms with van der Waals surface area (Å²) in [5.74, 6) is -0.432. The predicted octanol–water partition coefficient (Wildman–Crippen LogP) is -0.242. The molecule has 1 aliphatic rings. The molecule has 0 aromatic carbocycles. The van der Waals surface area contributed by atoms with Crippen molar-refractivity contribution in [1.82, 2.24) is 0 Å². The highest BCUT2D eigenvalue weighted by Gasteiger charge is 2.42. The summed E-state index contributed by atoms with van der Waals surface area (Å²) < 4.78 is 5.42. The first-order chi connectivity index (χ1) is 5.36. The van der Waals surface area contributed by atoms with Gasteiger partial charge in [0.05, 0.1) is 5.60 Å². The monoisotopic (exact) mass is 172 g/mol. The van der Waals surface area contributed by atoms with Crippen LogP contribution in [0.2, 0.25) is 0 Å². The number of hydrogen-bond acceptors (Lipinski definition) is 3. The lowest BCUT2D eigenvalue weighted by Gasteiger charge is -2.40. The van der Waals surface area contributed by atoms with Crippen molar-refractivity contribution >= 4 is 5.91 Å². The lowest BCUT2D eigenvalue weighted by atomic mass is 9.82. The average Bonchev–Trinajstić information content (AvgIpc) is 1.83. The zero-order chi connectivity index (χ0) is 9.41. The van der Waals surface area contributed by atoms with Crippen molar-refractivity contribution in [3.05, 3.63) is 0 Å². The minimum Gasteiger partial charge on any atom is -0.375 e. The Hall–Kier alpha value is -0.610. The zero-order valence-electron chi connectivity index (χ0n) is 7.59. The van der Waals surface area contributed by atoms with Gasteiger partial charge in [-0.1, -0.05) is 0 Å². The van der Waals surface area contributed by atoms with Gasteiger partial charge in [0.15, 0.2) is 0 Å². The van der Waals surface area contributed by atoms with Gasteiger partial charge < -0.3 is 16.2 Å². The topological polar surface area (TPSA) is 78.3 Å². The van der Waals surface area contributed by atoms with E-state index < -0.39 is 11.4 Å². The summed E-state index contributed by atoms with van der Waals surface area (Å²) in [6.45, 7) is 4.33. The lowest BCUT2D eigenvalue weighted by molar-refractivity contribution is -0.135. The molecule has 1 atom stereocenters. The average molecular weight is 172 g/mol. The molecule has 1 aliphatic heterocycles. The van der Waals surface area contributed by atoms with Crippen molar-refractivity contribution in [3.8, 4) is 0 Å². The van der Waals surface area contributed by atoms with Crippen molar-refractivity contribution in [1.29, 1.82) is 0 Å². The highest BCUT2D eigenvalue weighted by Crippen LogP contribution is 2.29. The van der Waals surface area contributed by atoms with E-state index in [1.54, 1.807) is 0 Å². The van der Waals surface area contributed by atoms with E-state index in [1.165, 1.54) is 0 Å². The van der Waals surface area contributed by atoms with Crippen LogP contribution in [0.4, 0.5) is 0 Å². The molecule has 1 rings (SSSR count). The number of rotatable bonds is 1. The molecule has 0 saturated carbocycles. The highest BCUT2D eigenvalue weighted by molar-refractivity contribution is 5.84. The number of hydrogen-bond donors (Lipinski definition) is 2. The molecule has 70 valence electrons. The van der Waals surface area contributed by atoms with E-state index in [2.05, 4.69) is 0 Å². The first-order valence-electron chi connectivity index (χ1n) is 4.08. The third-order valence-corrected chi connectivity index (χ3v) is 2.27. The third kappa shape index (κ3) is 1.76. The van der Waals surface area contributed by atoms with E-state index in [1.807, 2.05) is 13.8 Å². The normalized spacial score (nSPS) is 34.6. The maximum atomic E-state index is 11.0. The Kier molecular flexibility index (Phi) is 2.14. The van der Waals surface area contributed by atoms with E-state index in [0.29, 0.717) is 19.4 Å². The zero-order valence-corrected chi connectivity index (χ0v) is 7.59. The first kappa shape index (κ1) is 9.48. The summed E-state index contributed by atoms with van der Waals surface area (Å²) in [7, 11) is 0. The van der Waals surface area contributed by atoms with E-state index in [9.17, 15) is 4.79 Å². The molecule has 0 radical (unpaired) electrons. The number of primary amides is 1. The van der Waals surface area contributed by atoms with Crippen LogP contribution in [-0.2, 0) is 9.53 Å². The quantitative estimate of drug-likeness (QED) is 0.573. The third-order valence-electron chi connectivity index (χ3n) is 2.27. The van der Waals surface area contributed by atoms with E-state index in [4.69, 9.17) is 16.2 Å². The molecule has 4 N–H and O–H groups in total. The van der Waals surface area contributed by atoms with Crippen LogP contribution in [0.25, 0.3) is 0 Å². The van der Waals surface area contributed by atoms with E-state index in [-0.39, 0.29) is 5.60 Å². The maximum Gasteiger partial charge on any atom is 0.237 e. The maximum absolute atomic E-state index is 11.0. The van der Waals surface area contributed by atoms with Gasteiger partial charge in [0, 0.05) is 13.0 Å². The number of carbonyl (C=O) groups excluding carboxylic acids is 1. The van der Waals surface area contributed by atoms with Gasteiger partial charge >= 0.3 is 0 Å². The Morgan fingerprint density at radius 2 is 2.08 bits per heavy atom. The van der Waals surface area contributed by atoms with Crippen LogP contribution < -0.4 is 11.5 Å². The largest absolute Gasteiger partial charge is 0.375 e. The second-order valence-electron chi connectivity index (χ2n) is 4.06. The molecule has 0 aromatic heterocycles. The van der Waals surface area contributed by atoms with Crippen molar-refractivity contribution in [2.75, 3.05) is 6.61 Å². The van der Waals surface area contributed by atoms with Crippen LogP contribution in [0.3, 0.4) is 0 Å². The standard InChI is InChI=1S/C8H16N2O2/c1-7(2)5-8(10,6(9)11)3-4-12-7/h3-5,10H2,1-2H3,(H2,9,11). The molecule has 0 bridgehead atoms. The summed E-state index contributed by atoms with van der Waals surface area (Å²) in [5.41, 5.74) is 9.82. The molecule has 0 aliphatic carbocycles. The van der Waals surface area contributed by atoms with Gasteiger partial charge in [-0.3, -0.25) is 4.79 Å². The van der Waals surface area contributed by atoms with E-state index >= 15 is 0 Å². The molecular weight excluding hydrogens is 156 g/mol. The molecule has 0 aromatic rings. The molecule has 12 heavy (non-hydrogen) atoms. The molecule has 1 amide bonds. The van der Waals surface area contributed by atoms with Crippen molar-refractivity contribution in [3.63, 3.8) is 0 Å². The van der Waals surface area contributed by atoms with Crippen LogP contribution in [0.5, 0.6) is 0 Å². The minimum atomic E-state index is -0.873. The van der Waals surface area contributed by atoms with Gasteiger partial charge in [-0.2, -0.15) is 0 Å². The number of nitrogens with two attached hydrogens (primary N) is 2. The van der Waals surface area contributed by atoms with Crippen molar-refractivity contribution in [2.24, 2.45) is 11.5 Å². The smallest absolute Gasteiger partial charge is 0.237 e. The van der Waals surface area contributed by atoms with E-state index in [0.717, 1.165) is 0 Å². The number of amides is 1. The Labute approximate surface area is 72.2 Å². The van der Waals surface area contributed by atoms with Crippen molar-refractivity contribution < 1.29 is 9.53 Å². The van der Waals surface area contributed by atoms with Crippen LogP contribution in [0.15, 0.2) is 0 Å². The SMILES string of the molecule is CC1(C)CC(N)(C(N)=O)CCO1. The van der Waals surface area contributed by atoms with Crippen LogP contribution in [0, 0.1) is 0 Å². The molecule has 1 saturated heterocycles. The Bertz CT molecular complexity index is 203. The Balaban J connectivity index is 2.74. The van der Waals surface area contributed by atoms with Crippen LogP contribution in [-0.4, -0.2) is 23.7 Å². The minimum absolute atomic E-state index is 0.331. The highest BCUT2D eigenvalue weighted by atomic mass is 16.5. The molecule has 0 spiro atoms. The Morgan fingerprint density at radius 3 is 2.42 bits per heavy atom. The fourth-order valence-electron chi connectivity index (χ4n) is 1.62. The number of carbonyl (C=O) groups is 1. The van der Waals surface area contributed by atoms with Crippen LogP contribution in [0.1, 0.15) is 26.7 Å². The summed E-state index contributed by atoms with van der Waals surface area (Å²) in [4.78, 5) is 11.0. The van der Waals surface area contributed by atoms with Gasteiger partial charge in [-0.05, 0) is 20.3 Å². The van der Waals surface area contributed by atoms with Gasteiger partial charge in [0.1, 0.15) is 5.54 Å². The fraction of sp³-hybridized carbons (Fsp3) is 0.875. The van der Waals surface area contributed by atoms with Gasteiger partial charge in [-0.15, -0.1) is 0 Å². The summed E-state index contributed by atoms with van der Waals surface area (Å²) >= 11 is 0. The second-order valence-corrected chi connectivity index (χ2v) is 4.06.